The second kappa shape index (κ2) is 11.1. The van der Waals surface area contributed by atoms with Gasteiger partial charge in [-0.3, -0.25) is 19.5 Å². The number of pyridine rings is 2. The summed E-state index contributed by atoms with van der Waals surface area (Å²) in [4.78, 5) is 48.8. The van der Waals surface area contributed by atoms with Crippen LogP contribution in [0.3, 0.4) is 0 Å². The van der Waals surface area contributed by atoms with Crippen molar-refractivity contribution in [3.8, 4) is 11.1 Å². The van der Waals surface area contributed by atoms with Crippen molar-refractivity contribution in [2.24, 2.45) is 5.92 Å². The summed E-state index contributed by atoms with van der Waals surface area (Å²) in [5, 5.41) is 3.89. The summed E-state index contributed by atoms with van der Waals surface area (Å²) < 4.78 is 5.50. The first-order chi connectivity index (χ1) is 18.7. The predicted octanol–water partition coefficient (Wildman–Crippen LogP) is 5.94. The van der Waals surface area contributed by atoms with Crippen LogP contribution in [0.15, 0.2) is 48.7 Å². The van der Waals surface area contributed by atoms with E-state index >= 15 is 0 Å². The minimum absolute atomic E-state index is 0.0204. The van der Waals surface area contributed by atoms with Gasteiger partial charge in [0.1, 0.15) is 11.4 Å². The average Bonchev–Trinajstić information content (AvgIpc) is 3.61. The van der Waals surface area contributed by atoms with Gasteiger partial charge in [0.05, 0.1) is 18.0 Å². The Morgan fingerprint density at radius 1 is 0.974 bits per heavy atom. The van der Waals surface area contributed by atoms with Crippen LogP contribution in [-0.4, -0.2) is 50.8 Å². The number of anilines is 1. The second-order valence-electron chi connectivity index (χ2n) is 11.6. The molecule has 3 heterocycles. The van der Waals surface area contributed by atoms with Crippen molar-refractivity contribution in [1.29, 1.82) is 0 Å². The van der Waals surface area contributed by atoms with Crippen LogP contribution in [0, 0.1) is 5.92 Å². The number of Topliss-reactive ketones (excluding diaryl/α,β-unsaturated/α-hetero) is 1. The summed E-state index contributed by atoms with van der Waals surface area (Å²) in [6.07, 6.45) is 7.07. The number of rotatable bonds is 6. The minimum atomic E-state index is -0.602. The third-order valence-electron chi connectivity index (χ3n) is 7.43. The number of ketones is 1. The summed E-state index contributed by atoms with van der Waals surface area (Å²) in [6.45, 7) is 6.00. The Labute approximate surface area is 229 Å². The molecule has 39 heavy (non-hydrogen) atoms. The van der Waals surface area contributed by atoms with Gasteiger partial charge in [-0.15, -0.1) is 0 Å². The Balaban J connectivity index is 1.24. The van der Waals surface area contributed by atoms with Gasteiger partial charge in [-0.05, 0) is 82.3 Å². The lowest BCUT2D eigenvalue weighted by Gasteiger charge is -2.28. The molecule has 1 N–H and O–H groups in total. The van der Waals surface area contributed by atoms with Gasteiger partial charge in [-0.2, -0.15) is 0 Å². The van der Waals surface area contributed by atoms with Crippen LogP contribution >= 0.6 is 0 Å². The van der Waals surface area contributed by atoms with Gasteiger partial charge >= 0.3 is 6.09 Å². The largest absolute Gasteiger partial charge is 0.444 e. The van der Waals surface area contributed by atoms with E-state index in [1.807, 2.05) is 63.2 Å². The molecule has 0 radical (unpaired) electrons. The molecular formula is C31H36N4O4. The van der Waals surface area contributed by atoms with Crippen molar-refractivity contribution in [1.82, 2.24) is 14.9 Å². The maximum absolute atomic E-state index is 13.1. The highest BCUT2D eigenvalue weighted by atomic mass is 16.6. The van der Waals surface area contributed by atoms with E-state index in [0.717, 1.165) is 54.1 Å². The molecule has 1 saturated carbocycles. The van der Waals surface area contributed by atoms with Gasteiger partial charge in [0.15, 0.2) is 5.78 Å². The van der Waals surface area contributed by atoms with Gasteiger partial charge in [0.25, 0.3) is 0 Å². The molecule has 1 atom stereocenters. The predicted molar refractivity (Wildman–Crippen MR) is 150 cm³/mol. The van der Waals surface area contributed by atoms with Crippen LogP contribution in [0.4, 0.5) is 10.6 Å². The van der Waals surface area contributed by atoms with Crippen molar-refractivity contribution in [3.05, 3.63) is 54.4 Å². The lowest BCUT2D eigenvalue weighted by molar-refractivity contribution is -0.122. The molecule has 5 rings (SSSR count). The number of carbonyl (C=O) groups excluding carboxylic acids is 3. The highest BCUT2D eigenvalue weighted by Crippen LogP contribution is 2.28. The Morgan fingerprint density at radius 3 is 2.46 bits per heavy atom. The molecule has 0 unspecified atom stereocenters. The zero-order valence-corrected chi connectivity index (χ0v) is 22.9. The van der Waals surface area contributed by atoms with Crippen LogP contribution in [0.1, 0.15) is 65.0 Å². The van der Waals surface area contributed by atoms with Gasteiger partial charge < -0.3 is 10.1 Å². The zero-order chi connectivity index (χ0) is 27.6. The summed E-state index contributed by atoms with van der Waals surface area (Å²) in [7, 11) is 0. The van der Waals surface area contributed by atoms with Gasteiger partial charge in [-0.25, -0.2) is 9.78 Å². The quantitative estimate of drug-likeness (QED) is 0.425. The Kier molecular flexibility index (Phi) is 7.64. The minimum Gasteiger partial charge on any atom is -0.444 e. The van der Waals surface area contributed by atoms with Crippen LogP contribution in [0.25, 0.3) is 22.0 Å². The van der Waals surface area contributed by atoms with Crippen molar-refractivity contribution in [2.75, 3.05) is 11.9 Å². The number of hydrogen-bond donors (Lipinski definition) is 1. The first-order valence-corrected chi connectivity index (χ1v) is 13.9. The van der Waals surface area contributed by atoms with E-state index in [2.05, 4.69) is 10.3 Å². The lowest BCUT2D eigenvalue weighted by atomic mass is 10.0. The van der Waals surface area contributed by atoms with E-state index in [1.165, 1.54) is 0 Å². The Hall–Kier alpha value is -3.81. The molecule has 2 aromatic heterocycles. The highest BCUT2D eigenvalue weighted by molar-refractivity contribution is 5.92. The van der Waals surface area contributed by atoms with Crippen LogP contribution < -0.4 is 5.32 Å². The topological polar surface area (TPSA) is 101 Å². The molecule has 8 heteroatoms. The fourth-order valence-corrected chi connectivity index (χ4v) is 5.44. The molecule has 204 valence electrons. The standard InChI is InChI=1S/C31H36N4O4/c1-31(2,3)39-30(38)35-16-6-9-26(35)27(36)18-24-13-10-22-17-21(11-14-25(22)33-24)23-12-15-28(32-19-23)34-29(37)20-7-4-5-8-20/h10-15,17,19-20,26H,4-9,16,18H2,1-3H3,(H,32,34,37)/t26-/m0/s1. The van der Waals surface area contributed by atoms with Crippen LogP contribution in [0.5, 0.6) is 0 Å². The molecule has 2 fully saturated rings. The molecule has 3 aromatic rings. The molecule has 1 saturated heterocycles. The summed E-state index contributed by atoms with van der Waals surface area (Å²) in [6, 6.07) is 13.1. The number of nitrogens with one attached hydrogen (secondary N) is 1. The van der Waals surface area contributed by atoms with Gasteiger partial charge in [0, 0.05) is 35.3 Å². The molecule has 8 nitrogen and oxygen atoms in total. The van der Waals surface area contributed by atoms with Gasteiger partial charge in [-0.1, -0.05) is 25.0 Å². The Morgan fingerprint density at radius 2 is 1.74 bits per heavy atom. The van der Waals surface area contributed by atoms with E-state index in [4.69, 9.17) is 9.72 Å². The third kappa shape index (κ3) is 6.44. The number of ether oxygens (including phenoxy) is 1. The monoisotopic (exact) mass is 528 g/mol. The Bertz CT molecular complexity index is 1370. The number of carbonyl (C=O) groups is 3. The van der Waals surface area contributed by atoms with Crippen molar-refractivity contribution < 1.29 is 19.1 Å². The fourth-order valence-electron chi connectivity index (χ4n) is 5.44. The molecule has 0 bridgehead atoms. The van der Waals surface area contributed by atoms with Crippen molar-refractivity contribution in [3.63, 3.8) is 0 Å². The van der Waals surface area contributed by atoms with Crippen molar-refractivity contribution in [2.45, 2.75) is 77.4 Å². The number of amides is 2. The SMILES string of the molecule is CC(C)(C)OC(=O)N1CCC[C@H]1C(=O)Cc1ccc2cc(-c3ccc(NC(=O)C4CCCC4)nc3)ccc2n1. The van der Waals surface area contributed by atoms with E-state index in [0.29, 0.717) is 24.5 Å². The average molecular weight is 529 g/mol. The van der Waals surface area contributed by atoms with Crippen LogP contribution in [0.2, 0.25) is 0 Å². The maximum Gasteiger partial charge on any atom is 0.410 e. The number of nitrogens with zero attached hydrogens (tertiary/aromatic N) is 3. The molecule has 0 spiro atoms. The number of aromatic nitrogens is 2. The molecule has 1 aromatic carbocycles. The summed E-state index contributed by atoms with van der Waals surface area (Å²) in [5.74, 6) is 0.707. The molecular weight excluding hydrogens is 492 g/mol. The van der Waals surface area contributed by atoms with E-state index in [-0.39, 0.29) is 24.0 Å². The summed E-state index contributed by atoms with van der Waals surface area (Å²) in [5.41, 5.74) is 2.81. The van der Waals surface area contributed by atoms with E-state index in [1.54, 1.807) is 11.1 Å². The molecule has 2 aliphatic rings. The van der Waals surface area contributed by atoms with Gasteiger partial charge in [0.2, 0.25) is 5.91 Å². The van der Waals surface area contributed by atoms with E-state index in [9.17, 15) is 14.4 Å². The fraction of sp³-hybridized carbons (Fsp3) is 0.452. The normalized spacial score (nSPS) is 17.9. The molecule has 1 aliphatic heterocycles. The highest BCUT2D eigenvalue weighted by Gasteiger charge is 2.36. The molecule has 2 amide bonds. The number of likely N-dealkylation sites (tertiary alicyclic amines) is 1. The number of hydrogen-bond acceptors (Lipinski definition) is 6. The first-order valence-electron chi connectivity index (χ1n) is 13.9. The zero-order valence-electron chi connectivity index (χ0n) is 22.9. The first kappa shape index (κ1) is 26.8. The lowest BCUT2D eigenvalue weighted by Crippen LogP contribution is -2.43. The second-order valence-corrected chi connectivity index (χ2v) is 11.6. The maximum atomic E-state index is 13.1. The smallest absolute Gasteiger partial charge is 0.410 e. The van der Waals surface area contributed by atoms with Crippen LogP contribution in [-0.2, 0) is 20.7 Å². The van der Waals surface area contributed by atoms with Crippen molar-refractivity contribution >= 4 is 34.5 Å². The number of benzene rings is 1. The third-order valence-corrected chi connectivity index (χ3v) is 7.43. The van der Waals surface area contributed by atoms with E-state index < -0.39 is 17.7 Å². The molecule has 1 aliphatic carbocycles. The summed E-state index contributed by atoms with van der Waals surface area (Å²) >= 11 is 0. The number of fused-ring (bicyclic) bond motifs is 1.